The first-order chi connectivity index (χ1) is 17.8. The molecule has 0 unspecified atom stereocenters. The van der Waals surface area contributed by atoms with Gasteiger partial charge in [0.2, 0.25) is 0 Å². The third kappa shape index (κ3) is 3.80. The first kappa shape index (κ1) is 20.9. The molecule has 0 amide bonds. The monoisotopic (exact) mass is 474 g/mol. The van der Waals surface area contributed by atoms with Gasteiger partial charge in [0, 0.05) is 82.8 Å². The molecule has 5 heterocycles. The topological polar surface area (TPSA) is 106 Å². The maximum atomic E-state index is 4.67. The highest BCUT2D eigenvalue weighted by Crippen LogP contribution is 2.27. The molecule has 7 rings (SSSR count). The first-order valence-corrected chi connectivity index (χ1v) is 12.5. The molecule has 0 aliphatic carbocycles. The summed E-state index contributed by atoms with van der Waals surface area (Å²) < 4.78 is 0. The van der Waals surface area contributed by atoms with E-state index in [1.54, 1.807) is 0 Å². The van der Waals surface area contributed by atoms with Crippen LogP contribution in [-0.4, -0.2) is 57.8 Å². The van der Waals surface area contributed by atoms with Crippen LogP contribution in [0.3, 0.4) is 0 Å². The van der Waals surface area contributed by atoms with E-state index in [-0.39, 0.29) is 0 Å². The fourth-order valence-electron chi connectivity index (χ4n) is 4.88. The number of aromatic amines is 2. The van der Waals surface area contributed by atoms with Gasteiger partial charge in [0.15, 0.2) is 5.82 Å². The zero-order chi connectivity index (χ0) is 23.9. The van der Waals surface area contributed by atoms with Gasteiger partial charge in [-0.25, -0.2) is 9.97 Å². The summed E-state index contributed by atoms with van der Waals surface area (Å²) in [5.74, 6) is 2.61. The van der Waals surface area contributed by atoms with Crippen molar-refractivity contribution in [3.05, 3.63) is 72.1 Å². The van der Waals surface area contributed by atoms with Crippen LogP contribution in [0.1, 0.15) is 24.0 Å². The zero-order valence-corrected chi connectivity index (χ0v) is 19.8. The number of H-pyrrole nitrogens is 2. The minimum atomic E-state index is 0.671. The molecule has 0 fully saturated rings. The van der Waals surface area contributed by atoms with Crippen LogP contribution in [0, 0.1) is 0 Å². The van der Waals surface area contributed by atoms with Crippen LogP contribution in [0.5, 0.6) is 0 Å². The first-order valence-electron chi connectivity index (χ1n) is 12.5. The van der Waals surface area contributed by atoms with E-state index in [1.807, 2.05) is 12.4 Å². The van der Waals surface area contributed by atoms with Gasteiger partial charge in [-0.1, -0.05) is 24.3 Å². The number of nitrogens with zero attached hydrogens (tertiary/aromatic N) is 4. The van der Waals surface area contributed by atoms with Gasteiger partial charge in [-0.15, -0.1) is 0 Å². The summed E-state index contributed by atoms with van der Waals surface area (Å²) in [6, 6.07) is 17.0. The molecule has 8 heteroatoms. The SMILES string of the molecule is c1cc2cc(-c3cnc(-c4cc5ccc(C6=NCCCN6)cc5[nH]4)nc3)[nH]c2cc1C1=NCCCN1. The molecule has 0 bridgehead atoms. The molecular weight excluding hydrogens is 448 g/mol. The summed E-state index contributed by atoms with van der Waals surface area (Å²) in [5.41, 5.74) is 7.17. The highest BCUT2D eigenvalue weighted by atomic mass is 15.0. The molecule has 36 heavy (non-hydrogen) atoms. The Morgan fingerprint density at radius 2 is 1.14 bits per heavy atom. The van der Waals surface area contributed by atoms with Crippen molar-refractivity contribution in [3.63, 3.8) is 0 Å². The average molecular weight is 475 g/mol. The van der Waals surface area contributed by atoms with Crippen molar-refractivity contribution in [2.75, 3.05) is 26.2 Å². The molecule has 2 aliphatic heterocycles. The molecule has 178 valence electrons. The van der Waals surface area contributed by atoms with Crippen molar-refractivity contribution in [2.24, 2.45) is 9.98 Å². The number of aliphatic imine (C=N–C) groups is 2. The van der Waals surface area contributed by atoms with Crippen LogP contribution >= 0.6 is 0 Å². The maximum Gasteiger partial charge on any atom is 0.175 e. The summed E-state index contributed by atoms with van der Waals surface area (Å²) in [6.45, 7) is 3.70. The summed E-state index contributed by atoms with van der Waals surface area (Å²) in [6.07, 6.45) is 5.91. The number of amidine groups is 2. The van der Waals surface area contributed by atoms with E-state index in [1.165, 1.54) is 0 Å². The second kappa shape index (κ2) is 8.64. The average Bonchev–Trinajstić information content (AvgIpc) is 3.58. The van der Waals surface area contributed by atoms with Crippen LogP contribution in [-0.2, 0) is 0 Å². The lowest BCUT2D eigenvalue weighted by atomic mass is 10.1. The highest BCUT2D eigenvalue weighted by Gasteiger charge is 2.13. The van der Waals surface area contributed by atoms with Crippen LogP contribution in [0.4, 0.5) is 0 Å². The Morgan fingerprint density at radius 3 is 1.69 bits per heavy atom. The smallest absolute Gasteiger partial charge is 0.175 e. The molecule has 0 radical (unpaired) electrons. The third-order valence-corrected chi connectivity index (χ3v) is 6.79. The molecule has 8 nitrogen and oxygen atoms in total. The van der Waals surface area contributed by atoms with Gasteiger partial charge in [-0.05, 0) is 37.1 Å². The lowest BCUT2D eigenvalue weighted by Gasteiger charge is -2.14. The van der Waals surface area contributed by atoms with Gasteiger partial charge in [0.05, 0.1) is 5.69 Å². The lowest BCUT2D eigenvalue weighted by molar-refractivity contribution is 0.742. The van der Waals surface area contributed by atoms with Crippen molar-refractivity contribution >= 4 is 33.5 Å². The van der Waals surface area contributed by atoms with Gasteiger partial charge in [-0.3, -0.25) is 9.98 Å². The fraction of sp³-hybridized carbons (Fsp3) is 0.214. The molecule has 0 spiro atoms. The van der Waals surface area contributed by atoms with E-state index in [0.717, 1.165) is 101 Å². The standard InChI is InChI=1S/C28H26N8/c1-7-29-26(30-8-1)19-5-3-17-11-24(35-22(17)13-19)21-15-33-28(34-16-21)25-12-18-4-6-20(14-23(18)36-25)27-31-9-2-10-32-27/h3-6,11-16,35-36H,1-2,7-10H2,(H,29,30)(H,31,32). The third-order valence-electron chi connectivity index (χ3n) is 6.79. The Morgan fingerprint density at radius 1 is 0.583 bits per heavy atom. The lowest BCUT2D eigenvalue weighted by Crippen LogP contribution is -2.30. The largest absolute Gasteiger partial charge is 0.370 e. The van der Waals surface area contributed by atoms with Crippen molar-refractivity contribution in [1.82, 2.24) is 30.6 Å². The fourth-order valence-corrected chi connectivity index (χ4v) is 4.88. The summed E-state index contributed by atoms with van der Waals surface area (Å²) in [5, 5.41) is 9.06. The number of hydrogen-bond acceptors (Lipinski definition) is 6. The van der Waals surface area contributed by atoms with Gasteiger partial charge in [-0.2, -0.15) is 0 Å². The van der Waals surface area contributed by atoms with Gasteiger partial charge >= 0.3 is 0 Å². The van der Waals surface area contributed by atoms with E-state index in [9.17, 15) is 0 Å². The van der Waals surface area contributed by atoms with Gasteiger partial charge < -0.3 is 20.6 Å². The number of benzene rings is 2. The molecule has 0 atom stereocenters. The summed E-state index contributed by atoms with van der Waals surface area (Å²) in [4.78, 5) is 25.6. The highest BCUT2D eigenvalue weighted by molar-refractivity contribution is 6.03. The van der Waals surface area contributed by atoms with E-state index in [0.29, 0.717) is 5.82 Å². The number of rotatable bonds is 4. The minimum absolute atomic E-state index is 0.671. The zero-order valence-electron chi connectivity index (χ0n) is 19.8. The molecule has 0 saturated heterocycles. The Bertz CT molecular complexity index is 1510. The molecule has 5 aromatic rings. The van der Waals surface area contributed by atoms with Crippen molar-refractivity contribution in [1.29, 1.82) is 0 Å². The van der Waals surface area contributed by atoms with E-state index in [2.05, 4.69) is 89.1 Å². The van der Waals surface area contributed by atoms with Crippen molar-refractivity contribution < 1.29 is 0 Å². The number of hydrogen-bond donors (Lipinski definition) is 4. The number of fused-ring (bicyclic) bond motifs is 2. The van der Waals surface area contributed by atoms with E-state index < -0.39 is 0 Å². The Balaban J connectivity index is 1.16. The Hall–Kier alpha value is -4.46. The molecule has 0 saturated carbocycles. The van der Waals surface area contributed by atoms with E-state index in [4.69, 9.17) is 0 Å². The second-order valence-electron chi connectivity index (χ2n) is 9.29. The number of nitrogens with one attached hydrogen (secondary N) is 4. The minimum Gasteiger partial charge on any atom is -0.370 e. The van der Waals surface area contributed by atoms with Gasteiger partial charge in [0.25, 0.3) is 0 Å². The summed E-state index contributed by atoms with van der Waals surface area (Å²) in [7, 11) is 0. The van der Waals surface area contributed by atoms with Crippen LogP contribution in [0.2, 0.25) is 0 Å². The van der Waals surface area contributed by atoms with Crippen LogP contribution < -0.4 is 10.6 Å². The molecule has 4 N–H and O–H groups in total. The predicted molar refractivity (Wildman–Crippen MR) is 145 cm³/mol. The summed E-state index contributed by atoms with van der Waals surface area (Å²) >= 11 is 0. The Kier molecular flexibility index (Phi) is 5.01. The predicted octanol–water partition coefficient (Wildman–Crippen LogP) is 4.25. The molecule has 2 aromatic carbocycles. The molecular formula is C28H26N8. The normalized spacial score (nSPS) is 15.9. The quantitative estimate of drug-likeness (QED) is 0.312. The van der Waals surface area contributed by atoms with Crippen LogP contribution in [0.25, 0.3) is 44.6 Å². The van der Waals surface area contributed by atoms with E-state index >= 15 is 0 Å². The van der Waals surface area contributed by atoms with Crippen molar-refractivity contribution in [3.8, 4) is 22.8 Å². The molecule has 3 aromatic heterocycles. The molecule has 2 aliphatic rings. The maximum absolute atomic E-state index is 4.67. The second-order valence-corrected chi connectivity index (χ2v) is 9.29. The van der Waals surface area contributed by atoms with Crippen molar-refractivity contribution in [2.45, 2.75) is 12.8 Å². The van der Waals surface area contributed by atoms with Crippen LogP contribution in [0.15, 0.2) is 70.9 Å². The van der Waals surface area contributed by atoms with Gasteiger partial charge in [0.1, 0.15) is 11.7 Å². The Labute approximate surface area is 208 Å². The number of aromatic nitrogens is 4.